The van der Waals surface area contributed by atoms with Crippen molar-refractivity contribution in [3.05, 3.63) is 36.5 Å². The first-order chi connectivity index (χ1) is 10.9. The molecule has 0 saturated carbocycles. The molecule has 1 heterocycles. The third-order valence-electron chi connectivity index (χ3n) is 3.41. The van der Waals surface area contributed by atoms with Crippen molar-refractivity contribution in [1.82, 2.24) is 9.97 Å². The summed E-state index contributed by atoms with van der Waals surface area (Å²) in [5, 5.41) is 6.60. The molecule has 0 saturated heterocycles. The lowest BCUT2D eigenvalue weighted by molar-refractivity contribution is 0.630. The van der Waals surface area contributed by atoms with Crippen LogP contribution < -0.4 is 15.5 Å². The highest BCUT2D eigenvalue weighted by Crippen LogP contribution is 2.20. The first-order valence-electron chi connectivity index (χ1n) is 8.14. The Morgan fingerprint density at radius 3 is 2.22 bits per heavy atom. The Balaban J connectivity index is 2.09. The second-order valence-corrected chi connectivity index (χ2v) is 6.48. The van der Waals surface area contributed by atoms with Crippen LogP contribution in [0, 0.1) is 0 Å². The van der Waals surface area contributed by atoms with E-state index in [2.05, 4.69) is 84.4 Å². The summed E-state index contributed by atoms with van der Waals surface area (Å²) in [5.74, 6) is 1.41. The Labute approximate surface area is 139 Å². The summed E-state index contributed by atoms with van der Waals surface area (Å²) in [4.78, 5) is 11.1. The van der Waals surface area contributed by atoms with E-state index in [4.69, 9.17) is 0 Å². The lowest BCUT2D eigenvalue weighted by Gasteiger charge is -2.22. The van der Waals surface area contributed by atoms with Crippen molar-refractivity contribution in [2.45, 2.75) is 40.2 Å². The van der Waals surface area contributed by atoms with Gasteiger partial charge in [0, 0.05) is 36.2 Å². The molecule has 1 aromatic heterocycles. The lowest BCUT2D eigenvalue weighted by atomic mass is 10.1. The Morgan fingerprint density at radius 1 is 1.00 bits per heavy atom. The van der Waals surface area contributed by atoms with Crippen LogP contribution in [0.5, 0.6) is 0 Å². The molecule has 1 aromatic carbocycles. The SMILES string of the molecule is CCN(CC)c1ccc(Nc2nccc(NC(C)(C)C)n2)cc1. The van der Waals surface area contributed by atoms with Crippen LogP contribution in [0.25, 0.3) is 0 Å². The standard InChI is InChI=1S/C18H27N5/c1-6-23(7-2)15-10-8-14(9-11-15)20-17-19-13-12-16(21-17)22-18(3,4)5/h8-13H,6-7H2,1-5H3,(H2,19,20,21,22). The van der Waals surface area contributed by atoms with Gasteiger partial charge in [0.2, 0.25) is 5.95 Å². The van der Waals surface area contributed by atoms with E-state index in [-0.39, 0.29) is 5.54 Å². The van der Waals surface area contributed by atoms with E-state index in [1.807, 2.05) is 6.07 Å². The van der Waals surface area contributed by atoms with Gasteiger partial charge < -0.3 is 15.5 Å². The molecule has 124 valence electrons. The molecule has 5 heteroatoms. The monoisotopic (exact) mass is 313 g/mol. The fraction of sp³-hybridized carbons (Fsp3) is 0.444. The maximum absolute atomic E-state index is 4.50. The van der Waals surface area contributed by atoms with E-state index in [9.17, 15) is 0 Å². The van der Waals surface area contributed by atoms with Gasteiger partial charge in [-0.15, -0.1) is 0 Å². The summed E-state index contributed by atoms with van der Waals surface area (Å²) in [5.41, 5.74) is 2.18. The molecule has 0 aliphatic carbocycles. The lowest BCUT2D eigenvalue weighted by Crippen LogP contribution is -2.26. The van der Waals surface area contributed by atoms with Crippen molar-refractivity contribution in [3.63, 3.8) is 0 Å². The highest BCUT2D eigenvalue weighted by Gasteiger charge is 2.10. The topological polar surface area (TPSA) is 53.1 Å². The van der Waals surface area contributed by atoms with E-state index >= 15 is 0 Å². The van der Waals surface area contributed by atoms with Crippen molar-refractivity contribution < 1.29 is 0 Å². The minimum Gasteiger partial charge on any atom is -0.372 e. The quantitative estimate of drug-likeness (QED) is 0.834. The van der Waals surface area contributed by atoms with Crippen molar-refractivity contribution in [1.29, 1.82) is 0 Å². The van der Waals surface area contributed by atoms with Gasteiger partial charge in [-0.3, -0.25) is 0 Å². The van der Waals surface area contributed by atoms with Crippen molar-refractivity contribution >= 4 is 23.1 Å². The molecule has 0 unspecified atom stereocenters. The molecule has 2 aromatic rings. The summed E-state index contributed by atoms with van der Waals surface area (Å²) in [7, 11) is 0. The molecular formula is C18H27N5. The fourth-order valence-electron chi connectivity index (χ4n) is 2.35. The zero-order valence-corrected chi connectivity index (χ0v) is 14.7. The molecule has 2 rings (SSSR count). The molecule has 0 aliphatic heterocycles. The predicted octanol–water partition coefficient (Wildman–Crippen LogP) is 4.28. The van der Waals surface area contributed by atoms with Gasteiger partial charge in [0.25, 0.3) is 0 Å². The number of benzene rings is 1. The van der Waals surface area contributed by atoms with Gasteiger partial charge in [0.1, 0.15) is 5.82 Å². The van der Waals surface area contributed by atoms with E-state index < -0.39 is 0 Å². The Bertz CT molecular complexity index is 612. The van der Waals surface area contributed by atoms with Gasteiger partial charge in [0.05, 0.1) is 0 Å². The number of nitrogens with one attached hydrogen (secondary N) is 2. The number of aromatic nitrogens is 2. The second kappa shape index (κ2) is 7.31. The van der Waals surface area contributed by atoms with Crippen molar-refractivity contribution in [2.24, 2.45) is 0 Å². The van der Waals surface area contributed by atoms with Gasteiger partial charge in [-0.25, -0.2) is 4.98 Å². The number of nitrogens with zero attached hydrogens (tertiary/aromatic N) is 3. The maximum atomic E-state index is 4.50. The Morgan fingerprint density at radius 2 is 1.65 bits per heavy atom. The van der Waals surface area contributed by atoms with Crippen LogP contribution >= 0.6 is 0 Å². The van der Waals surface area contributed by atoms with E-state index in [0.29, 0.717) is 5.95 Å². The molecule has 0 aliphatic rings. The normalized spacial score (nSPS) is 11.2. The minimum absolute atomic E-state index is 0.0307. The summed E-state index contributed by atoms with van der Waals surface area (Å²) in [6.07, 6.45) is 1.76. The minimum atomic E-state index is -0.0307. The summed E-state index contributed by atoms with van der Waals surface area (Å²) < 4.78 is 0. The summed E-state index contributed by atoms with van der Waals surface area (Å²) >= 11 is 0. The summed E-state index contributed by atoms with van der Waals surface area (Å²) in [6.45, 7) is 12.7. The maximum Gasteiger partial charge on any atom is 0.229 e. The highest BCUT2D eigenvalue weighted by molar-refractivity contribution is 5.60. The van der Waals surface area contributed by atoms with Crippen LogP contribution in [0.1, 0.15) is 34.6 Å². The Hall–Kier alpha value is -2.30. The molecule has 0 bridgehead atoms. The van der Waals surface area contributed by atoms with Crippen LogP contribution in [0.15, 0.2) is 36.5 Å². The fourth-order valence-corrected chi connectivity index (χ4v) is 2.35. The van der Waals surface area contributed by atoms with Gasteiger partial charge in [-0.2, -0.15) is 4.98 Å². The third-order valence-corrected chi connectivity index (χ3v) is 3.41. The van der Waals surface area contributed by atoms with Crippen LogP contribution in [0.3, 0.4) is 0 Å². The van der Waals surface area contributed by atoms with Gasteiger partial charge >= 0.3 is 0 Å². The highest BCUT2D eigenvalue weighted by atomic mass is 15.2. The zero-order valence-electron chi connectivity index (χ0n) is 14.7. The first-order valence-corrected chi connectivity index (χ1v) is 8.14. The van der Waals surface area contributed by atoms with Crippen LogP contribution in [-0.4, -0.2) is 28.6 Å². The van der Waals surface area contributed by atoms with Crippen molar-refractivity contribution in [2.75, 3.05) is 28.6 Å². The van der Waals surface area contributed by atoms with Gasteiger partial charge in [-0.1, -0.05) is 0 Å². The third kappa shape index (κ3) is 5.13. The molecule has 0 fully saturated rings. The molecule has 23 heavy (non-hydrogen) atoms. The molecule has 0 atom stereocenters. The molecule has 2 N–H and O–H groups in total. The van der Waals surface area contributed by atoms with Crippen LogP contribution in [0.2, 0.25) is 0 Å². The predicted molar refractivity (Wildman–Crippen MR) is 98.7 cm³/mol. The van der Waals surface area contributed by atoms with Gasteiger partial charge in [-0.05, 0) is 65.0 Å². The molecule has 0 amide bonds. The number of hydrogen-bond donors (Lipinski definition) is 2. The van der Waals surface area contributed by atoms with E-state index in [1.165, 1.54) is 5.69 Å². The molecule has 5 nitrogen and oxygen atoms in total. The summed E-state index contributed by atoms with van der Waals surface area (Å²) in [6, 6.07) is 10.2. The van der Waals surface area contributed by atoms with E-state index in [1.54, 1.807) is 6.20 Å². The number of anilines is 4. The average Bonchev–Trinajstić information content (AvgIpc) is 2.49. The average molecular weight is 313 g/mol. The largest absolute Gasteiger partial charge is 0.372 e. The Kier molecular flexibility index (Phi) is 5.42. The van der Waals surface area contributed by atoms with Gasteiger partial charge in [0.15, 0.2) is 0 Å². The number of rotatable bonds is 6. The van der Waals surface area contributed by atoms with Crippen LogP contribution in [-0.2, 0) is 0 Å². The molecule has 0 radical (unpaired) electrons. The van der Waals surface area contributed by atoms with Crippen LogP contribution in [0.4, 0.5) is 23.1 Å². The molecule has 0 spiro atoms. The number of hydrogen-bond acceptors (Lipinski definition) is 5. The second-order valence-electron chi connectivity index (χ2n) is 6.48. The zero-order chi connectivity index (χ0) is 16.9. The van der Waals surface area contributed by atoms with E-state index in [0.717, 1.165) is 24.6 Å². The van der Waals surface area contributed by atoms with Crippen molar-refractivity contribution in [3.8, 4) is 0 Å². The molecular weight excluding hydrogens is 286 g/mol. The smallest absolute Gasteiger partial charge is 0.229 e. The first kappa shape index (κ1) is 17.1.